The van der Waals surface area contributed by atoms with E-state index >= 15 is 0 Å². The lowest BCUT2D eigenvalue weighted by molar-refractivity contribution is -0.231. The molecule has 0 radical (unpaired) electrons. The number of hydrogen-bond donors (Lipinski definition) is 1. The van der Waals surface area contributed by atoms with E-state index < -0.39 is 24.1 Å². The second-order valence-corrected chi connectivity index (χ2v) is 12.1. The van der Waals surface area contributed by atoms with Crippen LogP contribution < -0.4 is 0 Å². The molecule has 6 aliphatic rings. The molecule has 0 amide bonds. The highest BCUT2D eigenvalue weighted by Gasteiger charge is 2.74. The lowest BCUT2D eigenvalue weighted by Crippen LogP contribution is -2.54. The van der Waals surface area contributed by atoms with E-state index in [4.69, 9.17) is 18.9 Å². The summed E-state index contributed by atoms with van der Waals surface area (Å²) in [6.45, 7) is 8.01. The fraction of sp³-hybridized carbons (Fsp3) is 0.724. The summed E-state index contributed by atoms with van der Waals surface area (Å²) < 4.78 is 24.6. The van der Waals surface area contributed by atoms with Crippen LogP contribution in [0.3, 0.4) is 0 Å². The van der Waals surface area contributed by atoms with E-state index in [1.54, 1.807) is 7.11 Å². The zero-order valence-corrected chi connectivity index (χ0v) is 21.9. The van der Waals surface area contributed by atoms with Crippen molar-refractivity contribution in [2.75, 3.05) is 7.11 Å². The quantitative estimate of drug-likeness (QED) is 0.576. The Morgan fingerprint density at radius 1 is 1.14 bits per heavy atom. The highest BCUT2D eigenvalue weighted by molar-refractivity contribution is 5.89. The number of allylic oxidation sites excluding steroid dienone is 1. The maximum absolute atomic E-state index is 12.6. The van der Waals surface area contributed by atoms with Crippen LogP contribution in [0.25, 0.3) is 0 Å². The van der Waals surface area contributed by atoms with Gasteiger partial charge in [0.25, 0.3) is 0 Å². The van der Waals surface area contributed by atoms with Crippen LogP contribution in [-0.4, -0.2) is 54.4 Å². The van der Waals surface area contributed by atoms with Crippen molar-refractivity contribution < 1.29 is 33.6 Å². The van der Waals surface area contributed by atoms with Crippen molar-refractivity contribution in [3.63, 3.8) is 0 Å². The number of hydrogen-bond acceptors (Lipinski definition) is 7. The first-order valence-electron chi connectivity index (χ1n) is 13.4. The number of fused-ring (bicyclic) bond motifs is 3. The Morgan fingerprint density at radius 2 is 1.92 bits per heavy atom. The number of rotatable bonds is 2. The van der Waals surface area contributed by atoms with Gasteiger partial charge in [0.05, 0.1) is 12.5 Å². The first-order valence-corrected chi connectivity index (χ1v) is 13.4. The predicted octanol–water partition coefficient (Wildman–Crippen LogP) is 4.00. The van der Waals surface area contributed by atoms with Crippen molar-refractivity contribution in [1.29, 1.82) is 0 Å². The number of methoxy groups -OCH3 is 1. The van der Waals surface area contributed by atoms with Crippen LogP contribution in [0.4, 0.5) is 0 Å². The Kier molecular flexibility index (Phi) is 5.60. The van der Waals surface area contributed by atoms with E-state index in [1.165, 1.54) is 5.57 Å². The van der Waals surface area contributed by atoms with Crippen molar-refractivity contribution in [2.24, 2.45) is 29.1 Å². The summed E-state index contributed by atoms with van der Waals surface area (Å²) in [7, 11) is 1.68. The highest BCUT2D eigenvalue weighted by atomic mass is 16.7. The Labute approximate surface area is 212 Å². The molecule has 2 saturated carbocycles. The molecule has 0 aromatic carbocycles. The number of esters is 2. The van der Waals surface area contributed by atoms with Crippen molar-refractivity contribution >= 4 is 11.9 Å². The average Bonchev–Trinajstić information content (AvgIpc) is 3.18. The van der Waals surface area contributed by atoms with Gasteiger partial charge in [0, 0.05) is 30.4 Å². The molecule has 3 fully saturated rings. The summed E-state index contributed by atoms with van der Waals surface area (Å²) >= 11 is 0. The van der Waals surface area contributed by atoms with E-state index in [1.807, 2.05) is 26.8 Å². The first-order chi connectivity index (χ1) is 17.1. The Bertz CT molecular complexity index is 1090. The summed E-state index contributed by atoms with van der Waals surface area (Å²) in [5.74, 6) is -0.0572. The number of carbonyl (C=O) groups is 2. The van der Waals surface area contributed by atoms with Gasteiger partial charge >= 0.3 is 11.9 Å². The fourth-order valence-electron chi connectivity index (χ4n) is 9.00. The first kappa shape index (κ1) is 24.4. The van der Waals surface area contributed by atoms with Gasteiger partial charge in [-0.3, -0.25) is 4.79 Å². The number of cyclic esters (lactones) is 1. The molecule has 1 saturated heterocycles. The van der Waals surface area contributed by atoms with Gasteiger partial charge in [-0.25, -0.2) is 4.79 Å². The Morgan fingerprint density at radius 3 is 2.64 bits per heavy atom. The lowest BCUT2D eigenvalue weighted by Gasteiger charge is -2.53. The van der Waals surface area contributed by atoms with Crippen molar-refractivity contribution in [3.05, 3.63) is 34.4 Å². The van der Waals surface area contributed by atoms with E-state index in [9.17, 15) is 14.7 Å². The van der Waals surface area contributed by atoms with Crippen molar-refractivity contribution in [3.8, 4) is 0 Å². The summed E-state index contributed by atoms with van der Waals surface area (Å²) in [6, 6.07) is 0. The van der Waals surface area contributed by atoms with Crippen LogP contribution in [0, 0.1) is 29.1 Å². The molecular formula is C29H38O7. The molecule has 1 spiro atoms. The molecule has 0 bridgehead atoms. The second-order valence-electron chi connectivity index (χ2n) is 12.1. The molecular weight excluding hydrogens is 460 g/mol. The van der Waals surface area contributed by atoms with Crippen LogP contribution in [0.2, 0.25) is 0 Å². The molecule has 10 atom stereocenters. The molecule has 3 aliphatic heterocycles. The number of aliphatic hydroxyl groups excluding tert-OH is 1. The third kappa shape index (κ3) is 3.15. The molecule has 0 aromatic rings. The Balaban J connectivity index is 1.39. The molecule has 7 heteroatoms. The van der Waals surface area contributed by atoms with Crippen molar-refractivity contribution in [2.45, 2.75) is 96.4 Å². The zero-order chi connectivity index (χ0) is 25.6. The monoisotopic (exact) mass is 498 g/mol. The predicted molar refractivity (Wildman–Crippen MR) is 130 cm³/mol. The summed E-state index contributed by atoms with van der Waals surface area (Å²) in [6.07, 6.45) is 6.32. The van der Waals surface area contributed by atoms with Crippen LogP contribution in [0.5, 0.6) is 0 Å². The Hall–Kier alpha value is -1.96. The minimum Gasteiger partial charge on any atom is -0.457 e. The fourth-order valence-corrected chi connectivity index (χ4v) is 9.00. The maximum Gasteiger partial charge on any atom is 0.334 e. The molecule has 6 rings (SSSR count). The topological polar surface area (TPSA) is 91.3 Å². The molecule has 0 unspecified atom stereocenters. The maximum atomic E-state index is 12.6. The minimum absolute atomic E-state index is 0.0119. The third-order valence-electron chi connectivity index (χ3n) is 10.8. The summed E-state index contributed by atoms with van der Waals surface area (Å²) in [4.78, 5) is 24.9. The normalized spacial score (nSPS) is 48.1. The average molecular weight is 499 g/mol. The molecule has 196 valence electrons. The van der Waals surface area contributed by atoms with Gasteiger partial charge < -0.3 is 24.1 Å². The summed E-state index contributed by atoms with van der Waals surface area (Å²) in [5.41, 5.74) is 2.96. The van der Waals surface area contributed by atoms with Crippen molar-refractivity contribution in [1.82, 2.24) is 0 Å². The minimum atomic E-state index is -0.761. The molecule has 3 aliphatic carbocycles. The number of carbonyl (C=O) groups excluding carboxylic acids is 2. The van der Waals surface area contributed by atoms with Gasteiger partial charge in [-0.2, -0.15) is 0 Å². The SMILES string of the molecule is CO[C@H]1O[C@@](C)([C@H]2CC(C)=C(C)C(=O)O2)[C@H]2C[C@H](O)[C@H]3[C@@H]4C[C@H]5OC(=O)CC=CC5=C(C)[C@H]4CC[C@@]132. The smallest absolute Gasteiger partial charge is 0.334 e. The molecule has 7 nitrogen and oxygen atoms in total. The molecule has 3 heterocycles. The highest BCUT2D eigenvalue weighted by Crippen LogP contribution is 2.71. The zero-order valence-electron chi connectivity index (χ0n) is 21.9. The van der Waals surface area contributed by atoms with Gasteiger partial charge in [-0.1, -0.05) is 23.3 Å². The third-order valence-corrected chi connectivity index (χ3v) is 10.8. The van der Waals surface area contributed by atoms with E-state index in [0.29, 0.717) is 37.2 Å². The lowest BCUT2D eigenvalue weighted by atomic mass is 9.52. The van der Waals surface area contributed by atoms with E-state index in [0.717, 1.165) is 24.0 Å². The van der Waals surface area contributed by atoms with Gasteiger partial charge in [-0.05, 0) is 76.7 Å². The second kappa shape index (κ2) is 8.27. The molecule has 36 heavy (non-hydrogen) atoms. The van der Waals surface area contributed by atoms with Crippen LogP contribution in [0.15, 0.2) is 34.4 Å². The van der Waals surface area contributed by atoms with E-state index in [-0.39, 0.29) is 41.2 Å². The summed E-state index contributed by atoms with van der Waals surface area (Å²) in [5, 5.41) is 11.7. The standard InChI is InChI=1S/C29H38O7/c1-14-11-23(35-26(32)15(14)2)28(4)22-13-20(30)25-19-12-21-18(7-6-8-24(31)34-21)16(3)17(19)9-10-29(22,25)27(33-5)36-28/h6-7,17,19-23,25,27,30H,8-13H2,1-5H3/t17-,19-,20+,21-,22-,23-,25-,27+,28-,29+/m1/s1. The number of ether oxygens (including phenoxy) is 4. The van der Waals surface area contributed by atoms with Gasteiger partial charge in [0.1, 0.15) is 17.8 Å². The van der Waals surface area contributed by atoms with Crippen LogP contribution in [0.1, 0.15) is 66.2 Å². The van der Waals surface area contributed by atoms with Crippen LogP contribution in [-0.2, 0) is 28.5 Å². The van der Waals surface area contributed by atoms with Gasteiger partial charge in [0.15, 0.2) is 6.29 Å². The van der Waals surface area contributed by atoms with Crippen LogP contribution >= 0.6 is 0 Å². The molecule has 0 aromatic heterocycles. The molecule has 1 N–H and O–H groups in total. The van der Waals surface area contributed by atoms with Gasteiger partial charge in [-0.15, -0.1) is 0 Å². The van der Waals surface area contributed by atoms with E-state index in [2.05, 4.69) is 13.0 Å². The number of aliphatic hydroxyl groups is 1. The largest absolute Gasteiger partial charge is 0.457 e. The van der Waals surface area contributed by atoms with Gasteiger partial charge in [0.2, 0.25) is 0 Å².